The van der Waals surface area contributed by atoms with E-state index in [4.69, 9.17) is 11.6 Å². The lowest BCUT2D eigenvalue weighted by atomic mass is 9.76. The number of fused-ring (bicyclic) bond motifs is 4. The summed E-state index contributed by atoms with van der Waals surface area (Å²) in [5, 5.41) is 16.7. The van der Waals surface area contributed by atoms with Crippen LogP contribution in [0.15, 0.2) is 18.2 Å². The van der Waals surface area contributed by atoms with Gasteiger partial charge in [-0.2, -0.15) is 0 Å². The van der Waals surface area contributed by atoms with E-state index in [1.54, 1.807) is 25.1 Å². The lowest BCUT2D eigenvalue weighted by Crippen LogP contribution is -2.55. The van der Waals surface area contributed by atoms with Crippen LogP contribution in [0, 0.1) is 11.8 Å². The Labute approximate surface area is 162 Å². The van der Waals surface area contributed by atoms with Crippen LogP contribution in [0.4, 0.5) is 5.69 Å². The summed E-state index contributed by atoms with van der Waals surface area (Å²) in [4.78, 5) is 40.8. The molecule has 3 heterocycles. The van der Waals surface area contributed by atoms with E-state index in [0.717, 1.165) is 0 Å². The first-order valence-electron chi connectivity index (χ1n) is 9.18. The number of amides is 3. The van der Waals surface area contributed by atoms with Crippen LogP contribution in [0.1, 0.15) is 32.8 Å². The molecule has 3 aliphatic heterocycles. The molecule has 0 unspecified atom stereocenters. The number of carbonyl (C=O) groups is 3. The molecule has 4 rings (SSSR count). The smallest absolute Gasteiger partial charge is 0.250 e. The van der Waals surface area contributed by atoms with Crippen molar-refractivity contribution in [3.8, 4) is 0 Å². The van der Waals surface area contributed by atoms with Gasteiger partial charge in [-0.15, -0.1) is 0 Å². The minimum atomic E-state index is -1.42. The minimum Gasteiger partial charge on any atom is -0.392 e. The molecule has 6 atom stereocenters. The SMILES string of the molecule is CC[C@@H](C)N1C(=O)[C@@H]2[C@@H]([C@H](C)O)N[C@@]3(C(=O)Nc4ccc(Cl)cc43)[C@@H]2C1=O. The van der Waals surface area contributed by atoms with E-state index in [9.17, 15) is 19.5 Å². The molecule has 0 radical (unpaired) electrons. The number of hydrogen-bond donors (Lipinski definition) is 3. The van der Waals surface area contributed by atoms with E-state index in [0.29, 0.717) is 22.7 Å². The molecule has 2 saturated heterocycles. The number of hydrogen-bond acceptors (Lipinski definition) is 5. The topological polar surface area (TPSA) is 98.7 Å². The highest BCUT2D eigenvalue weighted by molar-refractivity contribution is 6.31. The van der Waals surface area contributed by atoms with Crippen molar-refractivity contribution < 1.29 is 19.5 Å². The van der Waals surface area contributed by atoms with Gasteiger partial charge in [0.25, 0.3) is 0 Å². The highest BCUT2D eigenvalue weighted by Gasteiger charge is 2.71. The van der Waals surface area contributed by atoms with Gasteiger partial charge in [0, 0.05) is 28.4 Å². The van der Waals surface area contributed by atoms with Gasteiger partial charge in [-0.05, 0) is 38.5 Å². The maximum atomic E-state index is 13.3. The van der Waals surface area contributed by atoms with E-state index in [1.165, 1.54) is 4.90 Å². The summed E-state index contributed by atoms with van der Waals surface area (Å²) in [6, 6.07) is 4.00. The number of halogens is 1. The number of carbonyl (C=O) groups excluding carboxylic acids is 3. The van der Waals surface area contributed by atoms with Gasteiger partial charge < -0.3 is 10.4 Å². The van der Waals surface area contributed by atoms with Crippen LogP contribution in [-0.4, -0.2) is 45.9 Å². The predicted molar refractivity (Wildman–Crippen MR) is 99.0 cm³/mol. The third-order valence-corrected chi connectivity index (χ3v) is 6.43. The highest BCUT2D eigenvalue weighted by Crippen LogP contribution is 2.54. The molecule has 1 spiro atoms. The van der Waals surface area contributed by atoms with Crippen LogP contribution in [0.3, 0.4) is 0 Å². The molecule has 1 aromatic rings. The molecule has 7 nitrogen and oxygen atoms in total. The second kappa shape index (κ2) is 6.02. The second-order valence-electron chi connectivity index (χ2n) is 7.67. The number of rotatable bonds is 3. The van der Waals surface area contributed by atoms with Gasteiger partial charge in [-0.25, -0.2) is 0 Å². The molecule has 27 heavy (non-hydrogen) atoms. The number of imide groups is 1. The molecule has 1 aromatic carbocycles. The molecular formula is C19H22ClN3O4. The Morgan fingerprint density at radius 3 is 2.59 bits per heavy atom. The molecule has 3 aliphatic rings. The summed E-state index contributed by atoms with van der Waals surface area (Å²) < 4.78 is 0. The Hall–Kier alpha value is -1.96. The van der Waals surface area contributed by atoms with E-state index < -0.39 is 35.4 Å². The predicted octanol–water partition coefficient (Wildman–Crippen LogP) is 1.24. The quantitative estimate of drug-likeness (QED) is 0.673. The zero-order chi connectivity index (χ0) is 19.7. The summed E-state index contributed by atoms with van der Waals surface area (Å²) >= 11 is 6.16. The summed E-state index contributed by atoms with van der Waals surface area (Å²) in [6.07, 6.45) is -0.299. The van der Waals surface area contributed by atoms with Gasteiger partial charge in [-0.1, -0.05) is 18.5 Å². The normalized spacial score (nSPS) is 34.0. The van der Waals surface area contributed by atoms with Gasteiger partial charge >= 0.3 is 0 Å². The van der Waals surface area contributed by atoms with Crippen molar-refractivity contribution in [1.29, 1.82) is 0 Å². The first-order valence-corrected chi connectivity index (χ1v) is 9.56. The number of benzene rings is 1. The van der Waals surface area contributed by atoms with Gasteiger partial charge in [0.1, 0.15) is 5.54 Å². The maximum absolute atomic E-state index is 13.3. The maximum Gasteiger partial charge on any atom is 0.250 e. The van der Waals surface area contributed by atoms with Crippen molar-refractivity contribution in [3.63, 3.8) is 0 Å². The largest absolute Gasteiger partial charge is 0.392 e. The fourth-order valence-corrected chi connectivity index (χ4v) is 4.93. The molecule has 144 valence electrons. The first-order chi connectivity index (χ1) is 12.7. The van der Waals surface area contributed by atoms with E-state index in [1.807, 2.05) is 13.8 Å². The summed E-state index contributed by atoms with van der Waals surface area (Å²) in [5.74, 6) is -2.83. The molecule has 0 aromatic heterocycles. The zero-order valence-electron chi connectivity index (χ0n) is 15.3. The molecule has 0 saturated carbocycles. The van der Waals surface area contributed by atoms with Crippen LogP contribution in [0.2, 0.25) is 5.02 Å². The number of anilines is 1. The van der Waals surface area contributed by atoms with Crippen LogP contribution in [0.5, 0.6) is 0 Å². The fraction of sp³-hybridized carbons (Fsp3) is 0.526. The molecule has 3 N–H and O–H groups in total. The van der Waals surface area contributed by atoms with Crippen LogP contribution in [0.25, 0.3) is 0 Å². The summed E-state index contributed by atoms with van der Waals surface area (Å²) in [6.45, 7) is 5.27. The van der Waals surface area contributed by atoms with Gasteiger partial charge in [0.2, 0.25) is 17.7 Å². The minimum absolute atomic E-state index is 0.273. The molecular weight excluding hydrogens is 370 g/mol. The zero-order valence-corrected chi connectivity index (χ0v) is 16.1. The second-order valence-corrected chi connectivity index (χ2v) is 8.11. The Kier molecular flexibility index (Phi) is 4.10. The van der Waals surface area contributed by atoms with Crippen molar-refractivity contribution in [3.05, 3.63) is 28.8 Å². The lowest BCUT2D eigenvalue weighted by Gasteiger charge is -2.31. The van der Waals surface area contributed by atoms with Crippen LogP contribution >= 0.6 is 11.6 Å². The first kappa shape index (κ1) is 18.4. The lowest BCUT2D eigenvalue weighted by molar-refractivity contribution is -0.145. The number of aliphatic hydroxyl groups excluding tert-OH is 1. The van der Waals surface area contributed by atoms with E-state index in [2.05, 4.69) is 10.6 Å². The molecule has 0 aliphatic carbocycles. The highest BCUT2D eigenvalue weighted by atomic mass is 35.5. The number of nitrogens with one attached hydrogen (secondary N) is 2. The van der Waals surface area contributed by atoms with Crippen LogP contribution in [-0.2, 0) is 19.9 Å². The number of aliphatic hydroxyl groups is 1. The molecule has 0 bridgehead atoms. The monoisotopic (exact) mass is 391 g/mol. The summed E-state index contributed by atoms with van der Waals surface area (Å²) in [7, 11) is 0. The molecule has 8 heteroatoms. The molecule has 2 fully saturated rings. The van der Waals surface area contributed by atoms with E-state index >= 15 is 0 Å². The Morgan fingerprint density at radius 2 is 1.96 bits per heavy atom. The van der Waals surface area contributed by atoms with Gasteiger partial charge in [0.15, 0.2) is 0 Å². The van der Waals surface area contributed by atoms with Crippen LogP contribution < -0.4 is 10.6 Å². The van der Waals surface area contributed by atoms with E-state index in [-0.39, 0.29) is 17.9 Å². The van der Waals surface area contributed by atoms with Gasteiger partial charge in [0.05, 0.1) is 17.9 Å². The third-order valence-electron chi connectivity index (χ3n) is 6.20. The number of likely N-dealkylation sites (tertiary alicyclic amines) is 1. The van der Waals surface area contributed by atoms with Gasteiger partial charge in [-0.3, -0.25) is 24.6 Å². The Balaban J connectivity index is 1.92. The fourth-order valence-electron chi connectivity index (χ4n) is 4.76. The Morgan fingerprint density at radius 1 is 1.26 bits per heavy atom. The average Bonchev–Trinajstić information content (AvgIpc) is 3.20. The Bertz CT molecular complexity index is 857. The van der Waals surface area contributed by atoms with Crippen molar-refractivity contribution >= 4 is 35.0 Å². The standard InChI is InChI=1S/C19H22ClN3O4/c1-4-8(2)23-16(25)13-14(17(23)26)19(22-15(13)9(3)24)11-7-10(20)5-6-12(11)21-18(19)27/h5-9,13-15,22,24H,4H2,1-3H3,(H,21,27)/t8-,9+,13+,14+,15-,19-/m1/s1. The molecule has 3 amide bonds. The van der Waals surface area contributed by atoms with Crippen molar-refractivity contribution in [2.75, 3.05) is 5.32 Å². The average molecular weight is 392 g/mol. The van der Waals surface area contributed by atoms with Crippen molar-refractivity contribution in [1.82, 2.24) is 10.2 Å². The third kappa shape index (κ3) is 2.25. The number of nitrogens with zero attached hydrogens (tertiary/aromatic N) is 1. The van der Waals surface area contributed by atoms with Crippen molar-refractivity contribution in [2.24, 2.45) is 11.8 Å². The summed E-state index contributed by atoms with van der Waals surface area (Å²) in [5.41, 5.74) is -0.309. The van der Waals surface area contributed by atoms with Crippen molar-refractivity contribution in [2.45, 2.75) is 50.9 Å².